The Morgan fingerprint density at radius 1 is 1.19 bits per heavy atom. The maximum atomic E-state index is 13.5. The van der Waals surface area contributed by atoms with Crippen LogP contribution in [-0.4, -0.2) is 20.7 Å². The van der Waals surface area contributed by atoms with Crippen LogP contribution in [0.2, 0.25) is 0 Å². The minimum Gasteiger partial charge on any atom is -0.307 e. The highest BCUT2D eigenvalue weighted by Crippen LogP contribution is 2.35. The number of benzene rings is 2. The molecule has 0 spiro atoms. The molecule has 1 N–H and O–H groups in total. The molecule has 0 saturated heterocycles. The maximum absolute atomic E-state index is 13.5. The molecular formula is C21H23FN2O2S. The zero-order valence-corrected chi connectivity index (χ0v) is 16.3. The quantitative estimate of drug-likeness (QED) is 0.840. The van der Waals surface area contributed by atoms with Crippen molar-refractivity contribution in [2.75, 3.05) is 6.26 Å². The zero-order chi connectivity index (χ0) is 19.6. The average molecular weight is 386 g/mol. The fraction of sp³-hybridized carbons (Fsp3) is 0.381. The van der Waals surface area contributed by atoms with Crippen LogP contribution in [0.3, 0.4) is 0 Å². The Kier molecular flexibility index (Phi) is 5.64. The molecular weight excluding hydrogens is 363 g/mol. The minimum atomic E-state index is -3.17. The molecule has 142 valence electrons. The highest BCUT2D eigenvalue weighted by Gasteiger charge is 2.27. The van der Waals surface area contributed by atoms with Gasteiger partial charge in [-0.25, -0.2) is 12.8 Å². The van der Waals surface area contributed by atoms with Gasteiger partial charge in [-0.3, -0.25) is 0 Å². The summed E-state index contributed by atoms with van der Waals surface area (Å²) in [7, 11) is -3.17. The van der Waals surface area contributed by atoms with Crippen LogP contribution in [0.25, 0.3) is 0 Å². The molecule has 0 radical (unpaired) electrons. The molecule has 0 aromatic heterocycles. The molecule has 0 amide bonds. The molecule has 27 heavy (non-hydrogen) atoms. The normalized spacial score (nSPS) is 21.0. The lowest BCUT2D eigenvalue weighted by molar-refractivity contribution is 0.456. The second-order valence-electron chi connectivity index (χ2n) is 7.29. The second-order valence-corrected chi connectivity index (χ2v) is 9.30. The highest BCUT2D eigenvalue weighted by atomic mass is 32.2. The van der Waals surface area contributed by atoms with E-state index >= 15 is 0 Å². The van der Waals surface area contributed by atoms with Gasteiger partial charge in [0.25, 0.3) is 0 Å². The summed E-state index contributed by atoms with van der Waals surface area (Å²) in [5, 5.41) is 12.6. The van der Waals surface area contributed by atoms with E-state index in [-0.39, 0.29) is 11.6 Å². The van der Waals surface area contributed by atoms with Crippen LogP contribution >= 0.6 is 0 Å². The van der Waals surface area contributed by atoms with E-state index in [2.05, 4.69) is 5.32 Å². The number of nitrogens with one attached hydrogen (secondary N) is 1. The van der Waals surface area contributed by atoms with Gasteiger partial charge in [0.1, 0.15) is 11.9 Å². The highest BCUT2D eigenvalue weighted by molar-refractivity contribution is 7.90. The lowest BCUT2D eigenvalue weighted by atomic mass is 9.97. The maximum Gasteiger partial charge on any atom is 0.175 e. The molecule has 4 nitrogen and oxygen atoms in total. The third-order valence-electron chi connectivity index (χ3n) is 5.31. The van der Waals surface area contributed by atoms with E-state index in [1.54, 1.807) is 24.3 Å². The molecule has 2 aromatic rings. The third kappa shape index (κ3) is 4.55. The van der Waals surface area contributed by atoms with E-state index in [1.807, 2.05) is 25.1 Å². The Bertz CT molecular complexity index is 965. The van der Waals surface area contributed by atoms with Crippen molar-refractivity contribution in [3.8, 4) is 6.07 Å². The molecule has 0 bridgehead atoms. The van der Waals surface area contributed by atoms with Gasteiger partial charge in [0.15, 0.2) is 9.84 Å². The third-order valence-corrected chi connectivity index (χ3v) is 6.44. The summed E-state index contributed by atoms with van der Waals surface area (Å²) in [5.41, 5.74) is 2.12. The smallest absolute Gasteiger partial charge is 0.175 e. The standard InChI is InChI=1S/C21H23FN2O2S/c1-14(16-6-10-21(22)18(11-16)13-23)24-19-7-3-17(12-19)15-4-8-20(9-5-15)27(2,25)26/h4-6,8-11,14,17,19,24H,3,7,12H2,1-2H3/t14-,17?,19+/m1/s1. The first kappa shape index (κ1) is 19.5. The van der Waals surface area contributed by atoms with Crippen LogP contribution in [0.5, 0.6) is 0 Å². The largest absolute Gasteiger partial charge is 0.307 e. The van der Waals surface area contributed by atoms with Crippen molar-refractivity contribution in [3.63, 3.8) is 0 Å². The van der Waals surface area contributed by atoms with Crippen molar-refractivity contribution >= 4 is 9.84 Å². The van der Waals surface area contributed by atoms with Crippen molar-refractivity contribution in [2.24, 2.45) is 0 Å². The van der Waals surface area contributed by atoms with Crippen LogP contribution in [0.15, 0.2) is 47.4 Å². The summed E-state index contributed by atoms with van der Waals surface area (Å²) < 4.78 is 36.7. The van der Waals surface area contributed by atoms with Gasteiger partial charge in [-0.2, -0.15) is 5.26 Å². The minimum absolute atomic E-state index is 0.0223. The summed E-state index contributed by atoms with van der Waals surface area (Å²) in [6.45, 7) is 2.02. The number of sulfone groups is 1. The Balaban J connectivity index is 1.63. The fourth-order valence-corrected chi connectivity index (χ4v) is 4.40. The van der Waals surface area contributed by atoms with Gasteiger partial charge in [-0.1, -0.05) is 18.2 Å². The van der Waals surface area contributed by atoms with Crippen molar-refractivity contribution in [3.05, 3.63) is 65.0 Å². The number of hydrogen-bond donors (Lipinski definition) is 1. The molecule has 6 heteroatoms. The first-order chi connectivity index (χ1) is 12.8. The van der Waals surface area contributed by atoms with Crippen molar-refractivity contribution in [1.29, 1.82) is 5.26 Å². The van der Waals surface area contributed by atoms with Gasteiger partial charge in [0.05, 0.1) is 10.5 Å². The second kappa shape index (κ2) is 7.79. The lowest BCUT2D eigenvalue weighted by Crippen LogP contribution is -2.29. The molecule has 1 saturated carbocycles. The van der Waals surface area contributed by atoms with E-state index in [1.165, 1.54) is 12.3 Å². The lowest BCUT2D eigenvalue weighted by Gasteiger charge is -2.20. The Morgan fingerprint density at radius 3 is 2.52 bits per heavy atom. The van der Waals surface area contributed by atoms with Gasteiger partial charge in [0, 0.05) is 18.3 Å². The van der Waals surface area contributed by atoms with Gasteiger partial charge in [-0.05, 0) is 67.5 Å². The van der Waals surface area contributed by atoms with Crippen LogP contribution < -0.4 is 5.32 Å². The average Bonchev–Trinajstić information content (AvgIpc) is 3.10. The van der Waals surface area contributed by atoms with Crippen molar-refractivity contribution in [1.82, 2.24) is 5.32 Å². The molecule has 3 rings (SSSR count). The molecule has 1 unspecified atom stereocenters. The first-order valence-corrected chi connectivity index (χ1v) is 10.9. The van der Waals surface area contributed by atoms with Crippen LogP contribution in [-0.2, 0) is 9.84 Å². The number of rotatable bonds is 5. The number of nitrogens with zero attached hydrogens (tertiary/aromatic N) is 1. The van der Waals surface area contributed by atoms with Crippen molar-refractivity contribution in [2.45, 2.75) is 49.1 Å². The van der Waals surface area contributed by atoms with E-state index in [0.29, 0.717) is 16.9 Å². The first-order valence-electron chi connectivity index (χ1n) is 9.03. The van der Waals surface area contributed by atoms with Gasteiger partial charge in [-0.15, -0.1) is 0 Å². The van der Waals surface area contributed by atoms with E-state index in [0.717, 1.165) is 30.4 Å². The molecule has 1 fully saturated rings. The monoisotopic (exact) mass is 386 g/mol. The number of hydrogen-bond acceptors (Lipinski definition) is 4. The number of nitriles is 1. The summed E-state index contributed by atoms with van der Waals surface area (Å²) in [5.74, 6) is -0.0990. The Labute approximate surface area is 160 Å². The topological polar surface area (TPSA) is 70.0 Å². The van der Waals surface area contributed by atoms with Crippen molar-refractivity contribution < 1.29 is 12.8 Å². The molecule has 3 atom stereocenters. The van der Waals surface area contributed by atoms with Crippen LogP contribution in [0.4, 0.5) is 4.39 Å². The molecule has 1 aliphatic carbocycles. The summed E-state index contributed by atoms with van der Waals surface area (Å²) in [6.07, 6.45) is 4.24. The summed E-state index contributed by atoms with van der Waals surface area (Å²) >= 11 is 0. The van der Waals surface area contributed by atoms with Crippen LogP contribution in [0, 0.1) is 17.1 Å². The SMILES string of the molecule is C[C@@H](N[C@H]1CCC(c2ccc(S(C)(=O)=O)cc2)C1)c1ccc(F)c(C#N)c1. The van der Waals surface area contributed by atoms with E-state index < -0.39 is 15.7 Å². The Hall–Kier alpha value is -2.23. The predicted molar refractivity (Wildman–Crippen MR) is 103 cm³/mol. The molecule has 0 aliphatic heterocycles. The van der Waals surface area contributed by atoms with Gasteiger partial charge in [0.2, 0.25) is 0 Å². The van der Waals surface area contributed by atoms with E-state index in [9.17, 15) is 12.8 Å². The molecule has 0 heterocycles. The predicted octanol–water partition coefficient (Wildman–Crippen LogP) is 4.09. The summed E-state index contributed by atoms with van der Waals surface area (Å²) in [6, 6.07) is 14.1. The Morgan fingerprint density at radius 2 is 1.89 bits per heavy atom. The zero-order valence-electron chi connectivity index (χ0n) is 15.4. The summed E-state index contributed by atoms with van der Waals surface area (Å²) in [4.78, 5) is 0.345. The molecule has 1 aliphatic rings. The number of halogens is 1. The van der Waals surface area contributed by atoms with Gasteiger partial charge >= 0.3 is 0 Å². The molecule has 2 aromatic carbocycles. The van der Waals surface area contributed by atoms with E-state index in [4.69, 9.17) is 5.26 Å². The van der Waals surface area contributed by atoms with Crippen LogP contribution in [0.1, 0.15) is 54.8 Å². The fourth-order valence-electron chi connectivity index (χ4n) is 3.77. The van der Waals surface area contributed by atoms with Gasteiger partial charge < -0.3 is 5.32 Å².